The molecule has 1 rings (SSSR count). The molecule has 1 radical (unpaired) electrons. The number of allylic oxidation sites excluding steroid dienone is 2. The van der Waals surface area contributed by atoms with Crippen molar-refractivity contribution in [2.45, 2.75) is 84.2 Å². The molecule has 0 aromatic heterocycles. The Bertz CT molecular complexity index is 520. The van der Waals surface area contributed by atoms with Gasteiger partial charge in [-0.25, -0.2) is 0 Å². The van der Waals surface area contributed by atoms with Crippen molar-refractivity contribution in [1.29, 1.82) is 0 Å². The summed E-state index contributed by atoms with van der Waals surface area (Å²) in [5.41, 5.74) is 1.23. The Balaban J connectivity index is 3.05. The van der Waals surface area contributed by atoms with Crippen molar-refractivity contribution < 1.29 is 8.85 Å². The number of hydrogen-bond donors (Lipinski definition) is 0. The predicted octanol–water partition coefficient (Wildman–Crippen LogP) is 7.21. The summed E-state index contributed by atoms with van der Waals surface area (Å²) in [6.45, 7) is 23.6. The zero-order chi connectivity index (χ0) is 19.0. The molecule has 0 fully saturated rings. The SMILES string of the molecule is CC(C)(C)[Si](C)(C)OCC1=C(O[Si](C)(C)C(C)(C)C)[CH]CC=C1I. The molecule has 0 saturated carbocycles. The van der Waals surface area contributed by atoms with E-state index in [-0.39, 0.29) is 10.1 Å². The zero-order valence-corrected chi connectivity index (χ0v) is 21.4. The maximum atomic E-state index is 6.63. The molecule has 0 aliphatic heterocycles. The topological polar surface area (TPSA) is 18.5 Å². The molecule has 0 N–H and O–H groups in total. The predicted molar refractivity (Wildman–Crippen MR) is 119 cm³/mol. The third-order valence-electron chi connectivity index (χ3n) is 5.74. The second kappa shape index (κ2) is 7.57. The van der Waals surface area contributed by atoms with Crippen LogP contribution in [0, 0.1) is 6.42 Å². The third-order valence-corrected chi connectivity index (χ3v) is 15.7. The van der Waals surface area contributed by atoms with Crippen LogP contribution in [0.5, 0.6) is 0 Å². The fraction of sp³-hybridized carbons (Fsp3) is 0.737. The Labute approximate surface area is 165 Å². The van der Waals surface area contributed by atoms with Gasteiger partial charge in [-0.3, -0.25) is 0 Å². The van der Waals surface area contributed by atoms with Crippen molar-refractivity contribution in [2.75, 3.05) is 6.61 Å². The quantitative estimate of drug-likeness (QED) is 0.306. The van der Waals surface area contributed by atoms with E-state index in [1.54, 1.807) is 0 Å². The van der Waals surface area contributed by atoms with Crippen molar-refractivity contribution in [3.8, 4) is 0 Å². The molecular formula is C19H36IO2Si2. The molecule has 0 atom stereocenters. The Morgan fingerprint density at radius 3 is 1.92 bits per heavy atom. The summed E-state index contributed by atoms with van der Waals surface area (Å²) in [5, 5.41) is 0.424. The molecule has 0 spiro atoms. The first-order valence-corrected chi connectivity index (χ1v) is 15.7. The van der Waals surface area contributed by atoms with Gasteiger partial charge >= 0.3 is 0 Å². The molecule has 139 valence electrons. The van der Waals surface area contributed by atoms with Crippen LogP contribution in [0.4, 0.5) is 0 Å². The molecule has 0 saturated heterocycles. The van der Waals surface area contributed by atoms with Gasteiger partial charge in [-0.15, -0.1) is 0 Å². The average molecular weight is 480 g/mol. The molecule has 1 aliphatic rings. The lowest BCUT2D eigenvalue weighted by Crippen LogP contribution is -2.42. The van der Waals surface area contributed by atoms with Gasteiger partial charge < -0.3 is 8.85 Å². The van der Waals surface area contributed by atoms with Crippen LogP contribution in [-0.4, -0.2) is 23.2 Å². The first-order valence-electron chi connectivity index (χ1n) is 8.84. The lowest BCUT2D eigenvalue weighted by molar-refractivity contribution is 0.308. The van der Waals surface area contributed by atoms with Crippen LogP contribution in [0.25, 0.3) is 0 Å². The second-order valence-corrected chi connectivity index (χ2v) is 20.4. The molecule has 0 unspecified atom stereocenters. The maximum absolute atomic E-state index is 6.63. The number of rotatable bonds is 5. The molecule has 2 nitrogen and oxygen atoms in total. The lowest BCUT2D eigenvalue weighted by Gasteiger charge is -2.39. The summed E-state index contributed by atoms with van der Waals surface area (Å²) in [6.07, 6.45) is 5.45. The van der Waals surface area contributed by atoms with Crippen LogP contribution >= 0.6 is 22.6 Å². The van der Waals surface area contributed by atoms with E-state index < -0.39 is 16.6 Å². The van der Waals surface area contributed by atoms with Crippen LogP contribution in [0.15, 0.2) is 21.0 Å². The molecule has 24 heavy (non-hydrogen) atoms. The lowest BCUT2D eigenvalue weighted by atomic mass is 10.1. The van der Waals surface area contributed by atoms with Gasteiger partial charge in [0.25, 0.3) is 0 Å². The van der Waals surface area contributed by atoms with E-state index in [0.717, 1.165) is 12.2 Å². The second-order valence-electron chi connectivity index (χ2n) is 9.75. The number of halogens is 1. The Hall–Kier alpha value is 0.404. The first-order chi connectivity index (χ1) is 10.6. The van der Waals surface area contributed by atoms with E-state index >= 15 is 0 Å². The fourth-order valence-electron chi connectivity index (χ4n) is 1.77. The van der Waals surface area contributed by atoms with Crippen molar-refractivity contribution >= 4 is 39.2 Å². The fourth-order valence-corrected chi connectivity index (χ4v) is 4.45. The van der Waals surface area contributed by atoms with Gasteiger partial charge in [0.1, 0.15) is 0 Å². The van der Waals surface area contributed by atoms with E-state index in [0.29, 0.717) is 6.61 Å². The molecule has 0 aromatic rings. The van der Waals surface area contributed by atoms with E-state index in [1.807, 2.05) is 0 Å². The monoisotopic (exact) mass is 479 g/mol. The summed E-state index contributed by atoms with van der Waals surface area (Å²) in [4.78, 5) is 0. The zero-order valence-electron chi connectivity index (χ0n) is 17.3. The highest BCUT2D eigenvalue weighted by Gasteiger charge is 2.41. The Kier molecular flexibility index (Phi) is 7.08. The molecule has 0 amide bonds. The Morgan fingerprint density at radius 1 is 0.958 bits per heavy atom. The van der Waals surface area contributed by atoms with Crippen LogP contribution in [0.2, 0.25) is 36.3 Å². The van der Waals surface area contributed by atoms with E-state index in [9.17, 15) is 0 Å². The number of hydrogen-bond acceptors (Lipinski definition) is 2. The summed E-state index contributed by atoms with van der Waals surface area (Å²) >= 11 is 2.43. The van der Waals surface area contributed by atoms with Gasteiger partial charge in [-0.05, 0) is 65.3 Å². The molecular weight excluding hydrogens is 443 g/mol. The largest absolute Gasteiger partial charge is 0.546 e. The normalized spacial score (nSPS) is 17.9. The van der Waals surface area contributed by atoms with E-state index in [2.05, 4.69) is 103 Å². The minimum atomic E-state index is -1.84. The van der Waals surface area contributed by atoms with Gasteiger partial charge in [-0.1, -0.05) is 47.6 Å². The van der Waals surface area contributed by atoms with Gasteiger partial charge in [0.05, 0.1) is 12.4 Å². The third kappa shape index (κ3) is 5.45. The molecule has 0 aromatic carbocycles. The van der Waals surface area contributed by atoms with E-state index in [4.69, 9.17) is 8.85 Å². The maximum Gasteiger partial charge on any atom is 0.250 e. The van der Waals surface area contributed by atoms with Crippen LogP contribution in [0.1, 0.15) is 48.0 Å². The summed E-state index contributed by atoms with van der Waals surface area (Å²) in [6, 6.07) is 0. The minimum absolute atomic E-state index is 0.200. The van der Waals surface area contributed by atoms with Gasteiger partial charge in [0.15, 0.2) is 8.32 Å². The summed E-state index contributed by atoms with van der Waals surface area (Å²) in [5.74, 6) is 1.06. The smallest absolute Gasteiger partial charge is 0.250 e. The standard InChI is InChI=1S/C19H36IO2Si2/c1-18(2,3)23(7,8)21-14-15-16(20)12-11-13-17(15)22-24(9,10)19(4,5)6/h12-13H,11,14H2,1-10H3. The van der Waals surface area contributed by atoms with Crippen molar-refractivity contribution in [3.05, 3.63) is 27.4 Å². The van der Waals surface area contributed by atoms with Crippen LogP contribution in [0.3, 0.4) is 0 Å². The van der Waals surface area contributed by atoms with E-state index in [1.165, 1.54) is 9.15 Å². The molecule has 0 heterocycles. The molecule has 0 bridgehead atoms. The highest BCUT2D eigenvalue weighted by molar-refractivity contribution is 14.1. The van der Waals surface area contributed by atoms with Gasteiger partial charge in [0.2, 0.25) is 8.32 Å². The molecule has 1 aliphatic carbocycles. The van der Waals surface area contributed by atoms with Crippen molar-refractivity contribution in [1.82, 2.24) is 0 Å². The average Bonchev–Trinajstić information content (AvgIpc) is 2.34. The van der Waals surface area contributed by atoms with Crippen molar-refractivity contribution in [2.24, 2.45) is 0 Å². The minimum Gasteiger partial charge on any atom is -0.546 e. The Morgan fingerprint density at radius 2 is 1.46 bits per heavy atom. The molecule has 5 heteroatoms. The van der Waals surface area contributed by atoms with Crippen LogP contribution in [-0.2, 0) is 8.85 Å². The first kappa shape index (κ1) is 22.4. The van der Waals surface area contributed by atoms with Crippen LogP contribution < -0.4 is 0 Å². The highest BCUT2D eigenvalue weighted by Crippen LogP contribution is 2.42. The summed E-state index contributed by atoms with van der Waals surface area (Å²) < 4.78 is 14.4. The van der Waals surface area contributed by atoms with Crippen molar-refractivity contribution in [3.63, 3.8) is 0 Å². The van der Waals surface area contributed by atoms with Gasteiger partial charge in [0, 0.05) is 15.6 Å². The van der Waals surface area contributed by atoms with Gasteiger partial charge in [-0.2, -0.15) is 0 Å². The summed E-state index contributed by atoms with van der Waals surface area (Å²) in [7, 11) is -3.61. The highest BCUT2D eigenvalue weighted by atomic mass is 127.